The van der Waals surface area contributed by atoms with E-state index in [9.17, 15) is 15.0 Å². The molecule has 0 spiro atoms. The highest BCUT2D eigenvalue weighted by molar-refractivity contribution is 7.99. The number of fused-ring (bicyclic) bond motifs is 2. The van der Waals surface area contributed by atoms with Crippen molar-refractivity contribution < 1.29 is 19.7 Å². The summed E-state index contributed by atoms with van der Waals surface area (Å²) in [5.74, 6) is 0.729. The van der Waals surface area contributed by atoms with Gasteiger partial charge in [-0.1, -0.05) is 54.6 Å². The fourth-order valence-corrected chi connectivity index (χ4v) is 6.30. The minimum Gasteiger partial charge on any atom is -0.489 e. The first kappa shape index (κ1) is 23.0. The van der Waals surface area contributed by atoms with Crippen LogP contribution in [-0.2, 0) is 12.2 Å². The monoisotopic (exact) mass is 475 g/mol. The Morgan fingerprint density at radius 3 is 2.50 bits per heavy atom. The number of hydrogen-bond donors (Lipinski definition) is 2. The first-order valence-corrected chi connectivity index (χ1v) is 12.8. The van der Waals surface area contributed by atoms with Crippen molar-refractivity contribution in [3.05, 3.63) is 101 Å². The van der Waals surface area contributed by atoms with Gasteiger partial charge in [0.2, 0.25) is 0 Å². The zero-order chi connectivity index (χ0) is 23.5. The maximum absolute atomic E-state index is 11.6. The summed E-state index contributed by atoms with van der Waals surface area (Å²) in [5.41, 5.74) is 3.79. The number of ether oxygens (including phenoxy) is 1. The SMILES string of the molecule is O=C(O)c1ccc2c(c1)C(SCCN1CCC(O)(c3ccccc3)CC1)c1ccccc1CO2. The second-order valence-electron chi connectivity index (χ2n) is 9.04. The van der Waals surface area contributed by atoms with E-state index < -0.39 is 11.6 Å². The molecule has 2 aliphatic rings. The molecule has 3 aromatic rings. The van der Waals surface area contributed by atoms with Gasteiger partial charge in [0.05, 0.1) is 16.4 Å². The van der Waals surface area contributed by atoms with Gasteiger partial charge in [-0.25, -0.2) is 4.79 Å². The maximum Gasteiger partial charge on any atom is 0.335 e. The van der Waals surface area contributed by atoms with Crippen molar-refractivity contribution in [2.75, 3.05) is 25.4 Å². The van der Waals surface area contributed by atoms with Crippen LogP contribution < -0.4 is 4.74 Å². The molecule has 1 fully saturated rings. The molecular formula is C28H29NO4S. The number of piperidine rings is 1. The van der Waals surface area contributed by atoms with E-state index in [4.69, 9.17) is 4.74 Å². The molecule has 2 N–H and O–H groups in total. The van der Waals surface area contributed by atoms with Crippen molar-refractivity contribution in [2.45, 2.75) is 30.3 Å². The zero-order valence-corrected chi connectivity index (χ0v) is 19.8. The standard InChI is InChI=1S/C28H29NO4S/c30-27(31)20-10-11-25-24(18-20)26(23-9-5-4-6-21(23)19-33-25)34-17-16-29-14-12-28(32,13-15-29)22-7-2-1-3-8-22/h1-11,18,26,32H,12-17,19H2,(H,30,31). The lowest BCUT2D eigenvalue weighted by molar-refractivity contribution is -0.0244. The molecule has 0 saturated carbocycles. The Hall–Kier alpha value is -2.80. The number of aliphatic hydroxyl groups is 1. The van der Waals surface area contributed by atoms with Gasteiger partial charge in [0, 0.05) is 31.0 Å². The van der Waals surface area contributed by atoms with E-state index in [0.29, 0.717) is 6.61 Å². The van der Waals surface area contributed by atoms with Crippen LogP contribution in [-0.4, -0.2) is 46.5 Å². The lowest BCUT2D eigenvalue weighted by Crippen LogP contribution is -2.43. The topological polar surface area (TPSA) is 70.0 Å². The molecule has 2 aliphatic heterocycles. The van der Waals surface area contributed by atoms with Gasteiger partial charge >= 0.3 is 5.97 Å². The summed E-state index contributed by atoms with van der Waals surface area (Å²) in [6.45, 7) is 3.12. The average Bonchev–Trinajstić information content (AvgIpc) is 3.02. The number of carboxylic acid groups (broad SMARTS) is 1. The molecule has 5 rings (SSSR count). The molecule has 1 unspecified atom stereocenters. The molecule has 0 bridgehead atoms. The van der Waals surface area contributed by atoms with Gasteiger partial charge in [0.1, 0.15) is 12.4 Å². The predicted octanol–water partition coefficient (Wildman–Crippen LogP) is 5.08. The van der Waals surface area contributed by atoms with Crippen molar-refractivity contribution in [1.29, 1.82) is 0 Å². The van der Waals surface area contributed by atoms with Crippen molar-refractivity contribution >= 4 is 17.7 Å². The normalized spacial score (nSPS) is 19.4. The number of aromatic carboxylic acids is 1. The second kappa shape index (κ2) is 9.82. The number of hydrogen-bond acceptors (Lipinski definition) is 5. The molecule has 1 saturated heterocycles. The summed E-state index contributed by atoms with van der Waals surface area (Å²) in [5, 5.41) is 20.7. The van der Waals surface area contributed by atoms with E-state index in [0.717, 1.165) is 60.7 Å². The van der Waals surface area contributed by atoms with Gasteiger partial charge in [0.15, 0.2) is 0 Å². The highest BCUT2D eigenvalue weighted by atomic mass is 32.2. The van der Waals surface area contributed by atoms with Crippen molar-refractivity contribution in [3.63, 3.8) is 0 Å². The molecule has 3 aromatic carbocycles. The molecule has 2 heterocycles. The summed E-state index contributed by atoms with van der Waals surface area (Å²) in [6.07, 6.45) is 1.46. The molecule has 0 amide bonds. The number of likely N-dealkylation sites (tertiary alicyclic amines) is 1. The third-order valence-corrected chi connectivity index (χ3v) is 8.21. The molecule has 0 aromatic heterocycles. The lowest BCUT2D eigenvalue weighted by Gasteiger charge is -2.38. The van der Waals surface area contributed by atoms with Gasteiger partial charge in [-0.3, -0.25) is 0 Å². The number of rotatable bonds is 6. The van der Waals surface area contributed by atoms with E-state index >= 15 is 0 Å². The number of nitrogens with zero attached hydrogens (tertiary/aromatic N) is 1. The summed E-state index contributed by atoms with van der Waals surface area (Å²) in [7, 11) is 0. The molecule has 0 aliphatic carbocycles. The fraction of sp³-hybridized carbons (Fsp3) is 0.321. The highest BCUT2D eigenvalue weighted by Crippen LogP contribution is 2.44. The summed E-state index contributed by atoms with van der Waals surface area (Å²) < 4.78 is 6.06. The summed E-state index contributed by atoms with van der Waals surface area (Å²) in [6, 6.07) is 23.4. The third-order valence-electron chi connectivity index (χ3n) is 6.95. The van der Waals surface area contributed by atoms with Crippen LogP contribution in [0.3, 0.4) is 0 Å². The Balaban J connectivity index is 1.28. The average molecular weight is 476 g/mol. The van der Waals surface area contributed by atoms with Crippen molar-refractivity contribution in [1.82, 2.24) is 4.90 Å². The van der Waals surface area contributed by atoms with E-state index in [2.05, 4.69) is 17.0 Å². The second-order valence-corrected chi connectivity index (χ2v) is 10.2. The van der Waals surface area contributed by atoms with Gasteiger partial charge in [-0.2, -0.15) is 0 Å². The smallest absolute Gasteiger partial charge is 0.335 e. The molecule has 5 nitrogen and oxygen atoms in total. The van der Waals surface area contributed by atoms with Gasteiger partial charge in [0.25, 0.3) is 0 Å². The van der Waals surface area contributed by atoms with Crippen LogP contribution in [0.1, 0.15) is 50.7 Å². The fourth-order valence-electron chi connectivity index (χ4n) is 4.93. The summed E-state index contributed by atoms with van der Waals surface area (Å²) in [4.78, 5) is 14.0. The Labute approximate surface area is 204 Å². The van der Waals surface area contributed by atoms with Crippen LogP contribution in [0.5, 0.6) is 5.75 Å². The molecule has 34 heavy (non-hydrogen) atoms. The number of carboxylic acids is 1. The first-order valence-electron chi connectivity index (χ1n) is 11.7. The van der Waals surface area contributed by atoms with Crippen molar-refractivity contribution in [2.24, 2.45) is 0 Å². The third kappa shape index (κ3) is 4.71. The molecular weight excluding hydrogens is 446 g/mol. The Kier molecular flexibility index (Phi) is 6.63. The minimum atomic E-state index is -0.927. The van der Waals surface area contributed by atoms with Gasteiger partial charge in [-0.05, 0) is 47.7 Å². The number of carbonyl (C=O) groups is 1. The van der Waals surface area contributed by atoms with Crippen LogP contribution in [0.4, 0.5) is 0 Å². The van der Waals surface area contributed by atoms with Crippen LogP contribution in [0, 0.1) is 0 Å². The van der Waals surface area contributed by atoms with Gasteiger partial charge < -0.3 is 19.8 Å². The Morgan fingerprint density at radius 2 is 1.74 bits per heavy atom. The van der Waals surface area contributed by atoms with E-state index in [-0.39, 0.29) is 10.8 Å². The van der Waals surface area contributed by atoms with Crippen molar-refractivity contribution in [3.8, 4) is 5.75 Å². The largest absolute Gasteiger partial charge is 0.489 e. The number of benzene rings is 3. The zero-order valence-electron chi connectivity index (χ0n) is 19.0. The van der Waals surface area contributed by atoms with E-state index in [1.807, 2.05) is 54.2 Å². The van der Waals surface area contributed by atoms with E-state index in [1.54, 1.807) is 18.2 Å². The number of thioether (sulfide) groups is 1. The molecule has 6 heteroatoms. The molecule has 1 atom stereocenters. The first-order chi connectivity index (χ1) is 16.5. The van der Waals surface area contributed by atoms with Crippen LogP contribution in [0.15, 0.2) is 72.8 Å². The molecule has 0 radical (unpaired) electrons. The minimum absolute atomic E-state index is 0.0130. The van der Waals surface area contributed by atoms with Crippen LogP contribution in [0.25, 0.3) is 0 Å². The van der Waals surface area contributed by atoms with Crippen LogP contribution >= 0.6 is 11.8 Å². The van der Waals surface area contributed by atoms with E-state index in [1.165, 1.54) is 5.56 Å². The summed E-state index contributed by atoms with van der Waals surface area (Å²) >= 11 is 1.83. The van der Waals surface area contributed by atoms with Gasteiger partial charge in [-0.15, -0.1) is 11.8 Å². The predicted molar refractivity (Wildman–Crippen MR) is 134 cm³/mol. The van der Waals surface area contributed by atoms with Crippen LogP contribution in [0.2, 0.25) is 0 Å². The Bertz CT molecular complexity index is 1160. The highest BCUT2D eigenvalue weighted by Gasteiger charge is 2.34. The molecule has 176 valence electrons. The quantitative estimate of drug-likeness (QED) is 0.518. The Morgan fingerprint density at radius 1 is 1.00 bits per heavy atom. The maximum atomic E-state index is 11.6. The lowest BCUT2D eigenvalue weighted by atomic mass is 9.84.